The number of nitrogens with two attached hydrogens (primary N) is 1. The summed E-state index contributed by atoms with van der Waals surface area (Å²) in [6.07, 6.45) is 13.4. The van der Waals surface area contributed by atoms with Gasteiger partial charge in [-0.2, -0.15) is 0 Å². The first kappa shape index (κ1) is 17.9. The normalized spacial score (nSPS) is 10.5. The van der Waals surface area contributed by atoms with Crippen LogP contribution in [0.25, 0.3) is 0 Å². The zero-order chi connectivity index (χ0) is 14.3. The van der Waals surface area contributed by atoms with Gasteiger partial charge in [0.05, 0.1) is 0 Å². The Morgan fingerprint density at radius 3 is 1.26 bits per heavy atom. The molecule has 0 aliphatic carbocycles. The lowest BCUT2D eigenvalue weighted by atomic mass is 10.0. The molecule has 0 spiro atoms. The van der Waals surface area contributed by atoms with Gasteiger partial charge >= 0.3 is 5.97 Å². The predicted molar refractivity (Wildman–Crippen MR) is 76.9 cm³/mol. The summed E-state index contributed by atoms with van der Waals surface area (Å²) < 4.78 is 0. The van der Waals surface area contributed by atoms with Gasteiger partial charge in [-0.3, -0.25) is 9.59 Å². The van der Waals surface area contributed by atoms with Crippen LogP contribution >= 0.6 is 0 Å². The summed E-state index contributed by atoms with van der Waals surface area (Å²) in [7, 11) is 0. The number of hydrogen-bond donors (Lipinski definition) is 2. The first-order chi connectivity index (χ1) is 9.13. The number of amides is 1. The Bertz CT molecular complexity index is 218. The van der Waals surface area contributed by atoms with Crippen molar-refractivity contribution in [2.24, 2.45) is 5.73 Å². The lowest BCUT2D eigenvalue weighted by molar-refractivity contribution is -0.137. The number of carboxylic acids is 1. The molecule has 0 aromatic rings. The van der Waals surface area contributed by atoms with E-state index in [4.69, 9.17) is 10.8 Å². The highest BCUT2D eigenvalue weighted by molar-refractivity contribution is 5.73. The van der Waals surface area contributed by atoms with Crippen LogP contribution in [0.4, 0.5) is 0 Å². The van der Waals surface area contributed by atoms with Crippen LogP contribution < -0.4 is 5.73 Å². The van der Waals surface area contributed by atoms with E-state index in [2.05, 4.69) is 0 Å². The van der Waals surface area contributed by atoms with Gasteiger partial charge in [0.25, 0.3) is 0 Å². The van der Waals surface area contributed by atoms with Gasteiger partial charge in [0, 0.05) is 12.8 Å². The molecule has 0 aliphatic heterocycles. The lowest BCUT2D eigenvalue weighted by Crippen LogP contribution is -2.09. The molecule has 0 unspecified atom stereocenters. The highest BCUT2D eigenvalue weighted by Gasteiger charge is 1.97. The van der Waals surface area contributed by atoms with Gasteiger partial charge in [0.2, 0.25) is 5.91 Å². The number of carbonyl (C=O) groups excluding carboxylic acids is 1. The molecule has 4 heteroatoms. The van der Waals surface area contributed by atoms with Gasteiger partial charge in [-0.25, -0.2) is 0 Å². The second-order valence-electron chi connectivity index (χ2n) is 5.25. The van der Waals surface area contributed by atoms with Crippen LogP contribution in [0.5, 0.6) is 0 Å². The molecular formula is C15H29NO3. The van der Waals surface area contributed by atoms with Crippen molar-refractivity contribution in [1.29, 1.82) is 0 Å². The van der Waals surface area contributed by atoms with Crippen molar-refractivity contribution in [2.45, 2.75) is 83.5 Å². The van der Waals surface area contributed by atoms with E-state index in [1.807, 2.05) is 0 Å². The van der Waals surface area contributed by atoms with E-state index in [1.54, 1.807) is 0 Å². The lowest BCUT2D eigenvalue weighted by Gasteiger charge is -2.02. The van der Waals surface area contributed by atoms with E-state index in [0.29, 0.717) is 12.8 Å². The summed E-state index contributed by atoms with van der Waals surface area (Å²) >= 11 is 0. The van der Waals surface area contributed by atoms with Crippen molar-refractivity contribution in [2.75, 3.05) is 0 Å². The minimum absolute atomic E-state index is 0.192. The molecule has 0 fully saturated rings. The average molecular weight is 271 g/mol. The highest BCUT2D eigenvalue weighted by atomic mass is 16.4. The molecule has 0 rings (SSSR count). The minimum atomic E-state index is -0.684. The quantitative estimate of drug-likeness (QED) is 0.473. The minimum Gasteiger partial charge on any atom is -0.481 e. The van der Waals surface area contributed by atoms with Crippen LogP contribution in [-0.4, -0.2) is 17.0 Å². The maximum atomic E-state index is 10.5. The molecule has 4 nitrogen and oxygen atoms in total. The third kappa shape index (κ3) is 16.9. The maximum absolute atomic E-state index is 10.5. The molecule has 0 bridgehead atoms. The molecule has 0 aromatic carbocycles. The fraction of sp³-hybridized carbons (Fsp3) is 0.867. The topological polar surface area (TPSA) is 80.4 Å². The average Bonchev–Trinajstić information content (AvgIpc) is 2.34. The van der Waals surface area contributed by atoms with E-state index in [9.17, 15) is 9.59 Å². The van der Waals surface area contributed by atoms with Gasteiger partial charge in [-0.1, -0.05) is 57.8 Å². The summed E-state index contributed by atoms with van der Waals surface area (Å²) in [4.78, 5) is 20.8. The molecule has 1 amide bonds. The first-order valence-corrected chi connectivity index (χ1v) is 7.63. The molecule has 0 saturated heterocycles. The SMILES string of the molecule is NC(=O)CCCCCCCCCCCCCC(=O)O. The van der Waals surface area contributed by atoms with Crippen LogP contribution in [-0.2, 0) is 9.59 Å². The molecule has 0 heterocycles. The monoisotopic (exact) mass is 271 g/mol. The molecule has 0 aromatic heterocycles. The first-order valence-electron chi connectivity index (χ1n) is 7.63. The number of unbranched alkanes of at least 4 members (excludes halogenated alkanes) is 10. The summed E-state index contributed by atoms with van der Waals surface area (Å²) in [6.45, 7) is 0. The van der Waals surface area contributed by atoms with E-state index < -0.39 is 5.97 Å². The van der Waals surface area contributed by atoms with Gasteiger partial charge in [0.1, 0.15) is 0 Å². The maximum Gasteiger partial charge on any atom is 0.303 e. The Labute approximate surface area is 116 Å². The zero-order valence-corrected chi connectivity index (χ0v) is 12.0. The van der Waals surface area contributed by atoms with Gasteiger partial charge in [-0.15, -0.1) is 0 Å². The van der Waals surface area contributed by atoms with Crippen molar-refractivity contribution in [3.63, 3.8) is 0 Å². The Morgan fingerprint density at radius 1 is 0.632 bits per heavy atom. The van der Waals surface area contributed by atoms with Crippen molar-refractivity contribution in [3.8, 4) is 0 Å². The largest absolute Gasteiger partial charge is 0.481 e. The third-order valence-electron chi connectivity index (χ3n) is 3.31. The van der Waals surface area contributed by atoms with Crippen molar-refractivity contribution >= 4 is 11.9 Å². The molecule has 0 saturated carbocycles. The summed E-state index contributed by atoms with van der Waals surface area (Å²) in [6, 6.07) is 0. The number of rotatable bonds is 14. The molecule has 3 N–H and O–H groups in total. The van der Waals surface area contributed by atoms with Gasteiger partial charge < -0.3 is 10.8 Å². The van der Waals surface area contributed by atoms with E-state index in [1.165, 1.54) is 38.5 Å². The second-order valence-corrected chi connectivity index (χ2v) is 5.25. The number of primary amides is 1. The van der Waals surface area contributed by atoms with Crippen LogP contribution in [0.3, 0.4) is 0 Å². The zero-order valence-electron chi connectivity index (χ0n) is 12.0. The Hall–Kier alpha value is -1.06. The Morgan fingerprint density at radius 2 is 0.947 bits per heavy atom. The summed E-state index contributed by atoms with van der Waals surface area (Å²) in [5.41, 5.74) is 5.07. The number of hydrogen-bond acceptors (Lipinski definition) is 2. The van der Waals surface area contributed by atoms with Crippen LogP contribution in [0, 0.1) is 0 Å². The Kier molecular flexibility index (Phi) is 12.6. The summed E-state index contributed by atoms with van der Waals surface area (Å²) in [5, 5.41) is 8.48. The number of aliphatic carboxylic acids is 1. The van der Waals surface area contributed by atoms with Crippen molar-refractivity contribution in [3.05, 3.63) is 0 Å². The summed E-state index contributed by atoms with van der Waals surface area (Å²) in [5.74, 6) is -0.876. The van der Waals surface area contributed by atoms with Gasteiger partial charge in [0.15, 0.2) is 0 Å². The fourth-order valence-electron chi connectivity index (χ4n) is 2.17. The van der Waals surface area contributed by atoms with Crippen LogP contribution in [0.1, 0.15) is 83.5 Å². The Balaban J connectivity index is 2.99. The molecule has 0 radical (unpaired) electrons. The molecule has 0 atom stereocenters. The van der Waals surface area contributed by atoms with Gasteiger partial charge in [-0.05, 0) is 12.8 Å². The standard InChI is InChI=1S/C15H29NO3/c16-14(17)12-10-8-6-4-2-1-3-5-7-9-11-13-15(18)19/h1-13H2,(H2,16,17)(H,18,19). The van der Waals surface area contributed by atoms with E-state index in [-0.39, 0.29) is 5.91 Å². The van der Waals surface area contributed by atoms with Crippen LogP contribution in [0.15, 0.2) is 0 Å². The van der Waals surface area contributed by atoms with E-state index in [0.717, 1.165) is 32.1 Å². The van der Waals surface area contributed by atoms with E-state index >= 15 is 0 Å². The van der Waals surface area contributed by atoms with Crippen molar-refractivity contribution < 1.29 is 14.7 Å². The molecule has 19 heavy (non-hydrogen) atoms. The second kappa shape index (κ2) is 13.4. The number of carboxylic acid groups (broad SMARTS) is 1. The smallest absolute Gasteiger partial charge is 0.303 e. The molecular weight excluding hydrogens is 242 g/mol. The highest BCUT2D eigenvalue weighted by Crippen LogP contribution is 2.12. The fourth-order valence-corrected chi connectivity index (χ4v) is 2.17. The molecule has 112 valence electrons. The third-order valence-corrected chi connectivity index (χ3v) is 3.31. The van der Waals surface area contributed by atoms with Crippen LogP contribution in [0.2, 0.25) is 0 Å². The molecule has 0 aliphatic rings. The van der Waals surface area contributed by atoms with Crippen molar-refractivity contribution in [1.82, 2.24) is 0 Å². The predicted octanol–water partition coefficient (Wildman–Crippen LogP) is 3.63. The number of carbonyl (C=O) groups is 2.